The molecule has 0 radical (unpaired) electrons. The van der Waals surface area contributed by atoms with Crippen LogP contribution in [0.2, 0.25) is 0 Å². The van der Waals surface area contributed by atoms with Crippen LogP contribution in [0, 0.1) is 0 Å². The zero-order valence-electron chi connectivity index (χ0n) is 9.76. The van der Waals surface area contributed by atoms with Crippen molar-refractivity contribution in [2.24, 2.45) is 0 Å². The second-order valence-electron chi connectivity index (χ2n) is 4.24. The van der Waals surface area contributed by atoms with Crippen molar-refractivity contribution in [2.45, 2.75) is 32.5 Å². The van der Waals surface area contributed by atoms with Gasteiger partial charge in [-0.15, -0.1) is 12.4 Å². The lowest BCUT2D eigenvalue weighted by atomic mass is 10.1. The molecular formula is C11H19ClN4. The number of halogens is 1. The van der Waals surface area contributed by atoms with Gasteiger partial charge in [-0.05, 0) is 26.0 Å². The first kappa shape index (κ1) is 13.4. The maximum absolute atomic E-state index is 4.13. The lowest BCUT2D eigenvalue weighted by Gasteiger charge is -2.39. The van der Waals surface area contributed by atoms with Gasteiger partial charge >= 0.3 is 0 Å². The van der Waals surface area contributed by atoms with E-state index in [0.29, 0.717) is 12.1 Å². The fourth-order valence-electron chi connectivity index (χ4n) is 2.09. The van der Waals surface area contributed by atoms with Crippen LogP contribution < -0.4 is 5.32 Å². The van der Waals surface area contributed by atoms with Crippen molar-refractivity contribution in [3.63, 3.8) is 0 Å². The first-order valence-electron chi connectivity index (χ1n) is 5.50. The Morgan fingerprint density at radius 3 is 2.62 bits per heavy atom. The van der Waals surface area contributed by atoms with Crippen LogP contribution in [0.15, 0.2) is 18.3 Å². The van der Waals surface area contributed by atoms with Crippen molar-refractivity contribution < 1.29 is 0 Å². The molecule has 1 aromatic heterocycles. The SMILES string of the molecule is C[C@H]1CNC[C@H](C)N1Cc1cccnn1.Cl. The number of rotatable bonds is 2. The van der Waals surface area contributed by atoms with E-state index in [1.54, 1.807) is 6.20 Å². The van der Waals surface area contributed by atoms with Crippen LogP contribution in [0.5, 0.6) is 0 Å². The van der Waals surface area contributed by atoms with Crippen molar-refractivity contribution >= 4 is 12.4 Å². The Bertz CT molecular complexity index is 296. The summed E-state index contributed by atoms with van der Waals surface area (Å²) < 4.78 is 0. The smallest absolute Gasteiger partial charge is 0.0771 e. The Balaban J connectivity index is 0.00000128. The van der Waals surface area contributed by atoms with Crippen molar-refractivity contribution in [3.8, 4) is 0 Å². The van der Waals surface area contributed by atoms with Gasteiger partial charge in [-0.3, -0.25) is 4.90 Å². The first-order chi connectivity index (χ1) is 7.27. The quantitative estimate of drug-likeness (QED) is 0.843. The maximum Gasteiger partial charge on any atom is 0.0771 e. The van der Waals surface area contributed by atoms with Crippen molar-refractivity contribution in [3.05, 3.63) is 24.0 Å². The van der Waals surface area contributed by atoms with Gasteiger partial charge in [-0.25, -0.2) is 0 Å². The summed E-state index contributed by atoms with van der Waals surface area (Å²) in [5.41, 5.74) is 1.05. The lowest BCUT2D eigenvalue weighted by molar-refractivity contribution is 0.107. The van der Waals surface area contributed by atoms with E-state index in [-0.39, 0.29) is 12.4 Å². The second kappa shape index (κ2) is 6.13. The third-order valence-electron chi connectivity index (χ3n) is 2.98. The Kier molecular flexibility index (Phi) is 5.12. The third kappa shape index (κ3) is 3.14. The molecule has 1 aromatic rings. The molecule has 1 aliphatic heterocycles. The van der Waals surface area contributed by atoms with Crippen LogP contribution in [0.1, 0.15) is 19.5 Å². The minimum atomic E-state index is 0. The summed E-state index contributed by atoms with van der Waals surface area (Å²) >= 11 is 0. The minimum Gasteiger partial charge on any atom is -0.314 e. The van der Waals surface area contributed by atoms with Gasteiger partial charge in [-0.2, -0.15) is 10.2 Å². The number of nitrogens with zero attached hydrogens (tertiary/aromatic N) is 3. The number of nitrogens with one attached hydrogen (secondary N) is 1. The molecule has 0 saturated carbocycles. The van der Waals surface area contributed by atoms with Gasteiger partial charge < -0.3 is 5.32 Å². The van der Waals surface area contributed by atoms with E-state index < -0.39 is 0 Å². The predicted molar refractivity (Wildman–Crippen MR) is 66.6 cm³/mol. The molecule has 0 spiro atoms. The monoisotopic (exact) mass is 242 g/mol. The zero-order valence-corrected chi connectivity index (χ0v) is 10.6. The number of aromatic nitrogens is 2. The van der Waals surface area contributed by atoms with E-state index in [2.05, 4.69) is 34.3 Å². The molecule has 2 atom stereocenters. The largest absolute Gasteiger partial charge is 0.314 e. The number of hydrogen-bond acceptors (Lipinski definition) is 4. The zero-order chi connectivity index (χ0) is 10.7. The molecule has 0 aliphatic carbocycles. The van der Waals surface area contributed by atoms with Crippen LogP contribution >= 0.6 is 12.4 Å². The van der Waals surface area contributed by atoms with Gasteiger partial charge in [0.15, 0.2) is 0 Å². The Hall–Kier alpha value is -0.710. The maximum atomic E-state index is 4.13. The van der Waals surface area contributed by atoms with Gasteiger partial charge in [0.05, 0.1) is 5.69 Å². The van der Waals surface area contributed by atoms with Gasteiger partial charge in [0.2, 0.25) is 0 Å². The molecule has 1 aliphatic rings. The van der Waals surface area contributed by atoms with E-state index in [4.69, 9.17) is 0 Å². The van der Waals surface area contributed by atoms with E-state index in [0.717, 1.165) is 25.3 Å². The van der Waals surface area contributed by atoms with Crippen LogP contribution in [-0.2, 0) is 6.54 Å². The predicted octanol–water partition coefficient (Wildman–Crippen LogP) is 1.08. The standard InChI is InChI=1S/C11H18N4.ClH/c1-9-6-12-7-10(2)15(9)8-11-4-3-5-13-14-11;/h3-5,9-10,12H,6-8H2,1-2H3;1H/t9-,10-;/m0./s1. The molecule has 90 valence electrons. The molecule has 0 amide bonds. The molecule has 0 bridgehead atoms. The molecule has 0 aromatic carbocycles. The third-order valence-corrected chi connectivity index (χ3v) is 2.98. The lowest BCUT2D eigenvalue weighted by Crippen LogP contribution is -2.54. The molecule has 0 unspecified atom stereocenters. The van der Waals surface area contributed by atoms with Crippen molar-refractivity contribution in [1.29, 1.82) is 0 Å². The highest BCUT2D eigenvalue weighted by atomic mass is 35.5. The summed E-state index contributed by atoms with van der Waals surface area (Å²) in [4.78, 5) is 2.47. The van der Waals surface area contributed by atoms with Crippen LogP contribution in [0.3, 0.4) is 0 Å². The van der Waals surface area contributed by atoms with Crippen molar-refractivity contribution in [2.75, 3.05) is 13.1 Å². The Morgan fingerprint density at radius 2 is 2.06 bits per heavy atom. The van der Waals surface area contributed by atoms with Crippen LogP contribution in [0.4, 0.5) is 0 Å². The molecule has 1 fully saturated rings. The fourth-order valence-corrected chi connectivity index (χ4v) is 2.09. The fraction of sp³-hybridized carbons (Fsp3) is 0.636. The van der Waals surface area contributed by atoms with Crippen LogP contribution in [0.25, 0.3) is 0 Å². The minimum absolute atomic E-state index is 0. The van der Waals surface area contributed by atoms with Gasteiger partial charge in [0.1, 0.15) is 0 Å². The molecule has 4 nitrogen and oxygen atoms in total. The highest BCUT2D eigenvalue weighted by Crippen LogP contribution is 2.12. The highest BCUT2D eigenvalue weighted by molar-refractivity contribution is 5.85. The van der Waals surface area contributed by atoms with Gasteiger partial charge in [0, 0.05) is 37.9 Å². The second-order valence-corrected chi connectivity index (χ2v) is 4.24. The molecular weight excluding hydrogens is 224 g/mol. The average molecular weight is 243 g/mol. The van der Waals surface area contributed by atoms with Crippen molar-refractivity contribution in [1.82, 2.24) is 20.4 Å². The molecule has 1 N–H and O–H groups in total. The van der Waals surface area contributed by atoms with Gasteiger partial charge in [-0.1, -0.05) is 0 Å². The molecule has 16 heavy (non-hydrogen) atoms. The molecule has 2 rings (SSSR count). The normalized spacial score (nSPS) is 26.1. The number of piperazine rings is 1. The summed E-state index contributed by atoms with van der Waals surface area (Å²) in [5, 5.41) is 11.5. The summed E-state index contributed by atoms with van der Waals surface area (Å²) in [6.07, 6.45) is 1.72. The summed E-state index contributed by atoms with van der Waals surface area (Å²) in [6, 6.07) is 5.11. The van der Waals surface area contributed by atoms with Crippen LogP contribution in [-0.4, -0.2) is 40.3 Å². The van der Waals surface area contributed by atoms with E-state index in [1.165, 1.54) is 0 Å². The molecule has 1 saturated heterocycles. The highest BCUT2D eigenvalue weighted by Gasteiger charge is 2.24. The van der Waals surface area contributed by atoms with E-state index >= 15 is 0 Å². The Morgan fingerprint density at radius 1 is 1.38 bits per heavy atom. The van der Waals surface area contributed by atoms with Gasteiger partial charge in [0.25, 0.3) is 0 Å². The molecule has 2 heterocycles. The van der Waals surface area contributed by atoms with E-state index in [1.807, 2.05) is 12.1 Å². The molecule has 5 heteroatoms. The topological polar surface area (TPSA) is 41.0 Å². The van der Waals surface area contributed by atoms with E-state index in [9.17, 15) is 0 Å². The average Bonchev–Trinajstić information content (AvgIpc) is 2.25. The summed E-state index contributed by atoms with van der Waals surface area (Å²) in [5.74, 6) is 0. The Labute approximate surface area is 103 Å². The first-order valence-corrected chi connectivity index (χ1v) is 5.50. The summed E-state index contributed by atoms with van der Waals surface area (Å²) in [6.45, 7) is 7.52. The summed E-state index contributed by atoms with van der Waals surface area (Å²) in [7, 11) is 0. The number of hydrogen-bond donors (Lipinski definition) is 1.